The van der Waals surface area contributed by atoms with E-state index in [1.165, 1.54) is 0 Å². The molecule has 2 aromatic heterocycles. The van der Waals surface area contributed by atoms with Gasteiger partial charge >= 0.3 is 0 Å². The number of imidazole rings is 1. The molecule has 2 rings (SSSR count). The number of hydrogen-bond acceptors (Lipinski definition) is 5. The van der Waals surface area contributed by atoms with E-state index in [1.54, 1.807) is 6.33 Å². The molecule has 0 aliphatic rings. The van der Waals surface area contributed by atoms with Gasteiger partial charge in [-0.25, -0.2) is 4.98 Å². The standard InChI is InChI=1S/C10H16N6/c1-4-11-10-15-8-7(12-5-13-8)9(16-10)14-6(2)3/h5-6H,4H2,1-3H3,(H3,11,12,13,14,15,16). The fourth-order valence-corrected chi connectivity index (χ4v) is 1.45. The molecule has 6 heteroatoms. The van der Waals surface area contributed by atoms with Crippen LogP contribution in [0.5, 0.6) is 0 Å². The van der Waals surface area contributed by atoms with Crippen LogP contribution in [0.2, 0.25) is 0 Å². The summed E-state index contributed by atoms with van der Waals surface area (Å²) in [7, 11) is 0. The molecule has 0 saturated carbocycles. The van der Waals surface area contributed by atoms with Gasteiger partial charge in [0.25, 0.3) is 0 Å². The second kappa shape index (κ2) is 4.34. The van der Waals surface area contributed by atoms with E-state index in [-0.39, 0.29) is 0 Å². The maximum Gasteiger partial charge on any atom is 0.226 e. The molecule has 0 atom stereocenters. The highest BCUT2D eigenvalue weighted by molar-refractivity contribution is 5.83. The van der Waals surface area contributed by atoms with Crippen molar-refractivity contribution in [1.29, 1.82) is 0 Å². The van der Waals surface area contributed by atoms with Gasteiger partial charge in [0, 0.05) is 12.6 Å². The van der Waals surface area contributed by atoms with Crippen molar-refractivity contribution in [3.63, 3.8) is 0 Å². The van der Waals surface area contributed by atoms with Gasteiger partial charge in [-0.05, 0) is 20.8 Å². The van der Waals surface area contributed by atoms with E-state index in [0.717, 1.165) is 17.9 Å². The Morgan fingerprint density at radius 1 is 1.38 bits per heavy atom. The highest BCUT2D eigenvalue weighted by atomic mass is 15.2. The molecule has 0 bridgehead atoms. The average Bonchev–Trinajstić information content (AvgIpc) is 2.65. The Labute approximate surface area is 93.9 Å². The van der Waals surface area contributed by atoms with Crippen LogP contribution in [0.3, 0.4) is 0 Å². The topological polar surface area (TPSA) is 78.5 Å². The molecule has 0 spiro atoms. The lowest BCUT2D eigenvalue weighted by atomic mass is 10.4. The van der Waals surface area contributed by atoms with Crippen LogP contribution < -0.4 is 10.6 Å². The summed E-state index contributed by atoms with van der Waals surface area (Å²) in [5, 5.41) is 6.36. The Morgan fingerprint density at radius 2 is 2.19 bits per heavy atom. The molecule has 3 N–H and O–H groups in total. The van der Waals surface area contributed by atoms with Crippen LogP contribution >= 0.6 is 0 Å². The van der Waals surface area contributed by atoms with Crippen LogP contribution in [0.1, 0.15) is 20.8 Å². The zero-order chi connectivity index (χ0) is 11.5. The largest absolute Gasteiger partial charge is 0.366 e. The highest BCUT2D eigenvalue weighted by Gasteiger charge is 2.09. The van der Waals surface area contributed by atoms with Crippen LogP contribution in [-0.4, -0.2) is 32.5 Å². The summed E-state index contributed by atoms with van der Waals surface area (Å²) in [5.74, 6) is 1.39. The zero-order valence-electron chi connectivity index (χ0n) is 9.70. The van der Waals surface area contributed by atoms with E-state index in [1.807, 2.05) is 6.92 Å². The number of aromatic nitrogens is 4. The Morgan fingerprint density at radius 3 is 2.88 bits per heavy atom. The first-order valence-electron chi connectivity index (χ1n) is 5.42. The number of H-pyrrole nitrogens is 1. The molecule has 6 nitrogen and oxygen atoms in total. The van der Waals surface area contributed by atoms with Gasteiger partial charge in [0.15, 0.2) is 11.5 Å². The molecule has 16 heavy (non-hydrogen) atoms. The van der Waals surface area contributed by atoms with E-state index in [2.05, 4.69) is 44.4 Å². The first kappa shape index (κ1) is 10.7. The average molecular weight is 220 g/mol. The van der Waals surface area contributed by atoms with Crippen molar-refractivity contribution in [3.05, 3.63) is 6.33 Å². The maximum atomic E-state index is 4.40. The molecule has 0 radical (unpaired) electrons. The van der Waals surface area contributed by atoms with Crippen LogP contribution in [0.25, 0.3) is 11.2 Å². The number of aromatic amines is 1. The smallest absolute Gasteiger partial charge is 0.226 e. The SMILES string of the molecule is CCNc1nc(NC(C)C)c2[nH]cnc2n1. The normalized spacial score (nSPS) is 11.0. The molecule has 2 aromatic rings. The third-order valence-electron chi connectivity index (χ3n) is 2.05. The summed E-state index contributed by atoms with van der Waals surface area (Å²) >= 11 is 0. The van der Waals surface area contributed by atoms with Crippen LogP contribution in [-0.2, 0) is 0 Å². The predicted molar refractivity (Wildman–Crippen MR) is 64.6 cm³/mol. The van der Waals surface area contributed by atoms with E-state index < -0.39 is 0 Å². The molecule has 0 aromatic carbocycles. The number of rotatable bonds is 4. The van der Waals surface area contributed by atoms with Crippen molar-refractivity contribution in [2.75, 3.05) is 17.2 Å². The fourth-order valence-electron chi connectivity index (χ4n) is 1.45. The molecular formula is C10H16N6. The van der Waals surface area contributed by atoms with Gasteiger partial charge in [-0.15, -0.1) is 0 Å². The Bertz CT molecular complexity index is 475. The second-order valence-electron chi connectivity index (χ2n) is 3.83. The minimum Gasteiger partial charge on any atom is -0.366 e. The van der Waals surface area contributed by atoms with Crippen molar-refractivity contribution < 1.29 is 0 Å². The Kier molecular flexibility index (Phi) is 2.89. The summed E-state index contributed by atoms with van der Waals surface area (Å²) in [6.45, 7) is 6.93. The van der Waals surface area contributed by atoms with E-state index in [9.17, 15) is 0 Å². The molecule has 0 amide bonds. The van der Waals surface area contributed by atoms with Gasteiger partial charge in [-0.1, -0.05) is 0 Å². The minimum absolute atomic E-state index is 0.316. The summed E-state index contributed by atoms with van der Waals surface area (Å²) < 4.78 is 0. The van der Waals surface area contributed by atoms with Crippen molar-refractivity contribution in [2.24, 2.45) is 0 Å². The molecule has 86 valence electrons. The van der Waals surface area contributed by atoms with Crippen molar-refractivity contribution in [2.45, 2.75) is 26.8 Å². The molecule has 0 saturated heterocycles. The quantitative estimate of drug-likeness (QED) is 0.729. The molecule has 0 aliphatic carbocycles. The molecule has 2 heterocycles. The summed E-state index contributed by atoms with van der Waals surface area (Å²) in [6, 6.07) is 0.316. The molecule has 0 aliphatic heterocycles. The predicted octanol–water partition coefficient (Wildman–Crippen LogP) is 1.60. The zero-order valence-corrected chi connectivity index (χ0v) is 9.70. The van der Waals surface area contributed by atoms with Crippen molar-refractivity contribution in [3.8, 4) is 0 Å². The van der Waals surface area contributed by atoms with Crippen LogP contribution in [0.4, 0.5) is 11.8 Å². The lowest BCUT2D eigenvalue weighted by Crippen LogP contribution is -2.13. The summed E-state index contributed by atoms with van der Waals surface area (Å²) in [5.41, 5.74) is 1.52. The third-order valence-corrected chi connectivity index (χ3v) is 2.05. The fraction of sp³-hybridized carbons (Fsp3) is 0.500. The molecular weight excluding hydrogens is 204 g/mol. The van der Waals surface area contributed by atoms with Gasteiger partial charge in [0.05, 0.1) is 6.33 Å². The monoisotopic (exact) mass is 220 g/mol. The van der Waals surface area contributed by atoms with E-state index >= 15 is 0 Å². The first-order chi connectivity index (χ1) is 7.70. The first-order valence-corrected chi connectivity index (χ1v) is 5.42. The van der Waals surface area contributed by atoms with Gasteiger partial charge in [-0.2, -0.15) is 9.97 Å². The lowest BCUT2D eigenvalue weighted by Gasteiger charge is -2.10. The number of hydrogen-bond donors (Lipinski definition) is 3. The number of fused-ring (bicyclic) bond motifs is 1. The maximum absolute atomic E-state index is 4.40. The van der Waals surface area contributed by atoms with Crippen LogP contribution in [0.15, 0.2) is 6.33 Å². The Hall–Kier alpha value is -1.85. The van der Waals surface area contributed by atoms with Gasteiger partial charge in [-0.3, -0.25) is 0 Å². The van der Waals surface area contributed by atoms with Gasteiger partial charge in [0.1, 0.15) is 5.52 Å². The van der Waals surface area contributed by atoms with Gasteiger partial charge in [0.2, 0.25) is 5.95 Å². The number of anilines is 2. The number of nitrogens with zero attached hydrogens (tertiary/aromatic N) is 3. The lowest BCUT2D eigenvalue weighted by molar-refractivity contribution is 0.889. The third kappa shape index (κ3) is 2.05. The summed E-state index contributed by atoms with van der Waals surface area (Å²) in [4.78, 5) is 15.9. The van der Waals surface area contributed by atoms with Gasteiger partial charge < -0.3 is 15.6 Å². The van der Waals surface area contributed by atoms with Crippen molar-refractivity contribution >= 4 is 22.9 Å². The molecule has 0 unspecified atom stereocenters. The second-order valence-corrected chi connectivity index (χ2v) is 3.83. The van der Waals surface area contributed by atoms with E-state index in [4.69, 9.17) is 0 Å². The van der Waals surface area contributed by atoms with Crippen LogP contribution in [0, 0.1) is 0 Å². The Balaban J connectivity index is 2.46. The minimum atomic E-state index is 0.316. The number of nitrogens with one attached hydrogen (secondary N) is 3. The summed E-state index contributed by atoms with van der Waals surface area (Å²) in [6.07, 6.45) is 1.63. The molecule has 0 fully saturated rings. The van der Waals surface area contributed by atoms with E-state index in [0.29, 0.717) is 17.6 Å². The highest BCUT2D eigenvalue weighted by Crippen LogP contribution is 2.18. The van der Waals surface area contributed by atoms with Crippen molar-refractivity contribution in [1.82, 2.24) is 19.9 Å².